The van der Waals surface area contributed by atoms with Crippen LogP contribution in [0.25, 0.3) is 0 Å². The lowest BCUT2D eigenvalue weighted by atomic mass is 10.1. The first kappa shape index (κ1) is 11.7. The predicted molar refractivity (Wildman–Crippen MR) is 59.3 cm³/mol. The van der Waals surface area contributed by atoms with Crippen molar-refractivity contribution in [3.63, 3.8) is 0 Å². The Bertz CT molecular complexity index is 336. The Morgan fingerprint density at radius 3 is 2.93 bits per heavy atom. The van der Waals surface area contributed by atoms with Crippen LogP contribution in [0.2, 0.25) is 0 Å². The molecule has 1 unspecified atom stereocenters. The summed E-state index contributed by atoms with van der Waals surface area (Å²) in [6.45, 7) is 5.92. The molecule has 0 aliphatic carbocycles. The molecule has 1 atom stereocenters. The van der Waals surface area contributed by atoms with Crippen LogP contribution in [-0.2, 0) is 0 Å². The predicted octanol–water partition coefficient (Wildman–Crippen LogP) is 2.80. The van der Waals surface area contributed by atoms with Crippen LogP contribution in [0.3, 0.4) is 0 Å². The van der Waals surface area contributed by atoms with Crippen LogP contribution in [0.5, 0.6) is 5.75 Å². The van der Waals surface area contributed by atoms with E-state index in [1.807, 2.05) is 6.92 Å². The maximum atomic E-state index is 13.0. The fourth-order valence-corrected chi connectivity index (χ4v) is 1.26. The maximum absolute atomic E-state index is 13.0. The summed E-state index contributed by atoms with van der Waals surface area (Å²) in [5.74, 6) is 0.208. The van der Waals surface area contributed by atoms with Crippen molar-refractivity contribution in [2.75, 3.05) is 6.61 Å². The average molecular weight is 209 g/mol. The Hall–Kier alpha value is -1.35. The Balaban J connectivity index is 2.82. The van der Waals surface area contributed by atoms with Gasteiger partial charge in [-0.2, -0.15) is 0 Å². The van der Waals surface area contributed by atoms with Crippen LogP contribution < -0.4 is 10.5 Å². The molecule has 1 aromatic rings. The zero-order chi connectivity index (χ0) is 11.3. The number of nitrogens with two attached hydrogens (primary N) is 1. The molecule has 0 heterocycles. The highest BCUT2D eigenvalue weighted by Crippen LogP contribution is 2.24. The van der Waals surface area contributed by atoms with E-state index in [9.17, 15) is 4.39 Å². The van der Waals surface area contributed by atoms with Crippen molar-refractivity contribution >= 4 is 0 Å². The van der Waals surface area contributed by atoms with Gasteiger partial charge in [0.25, 0.3) is 0 Å². The van der Waals surface area contributed by atoms with E-state index in [1.165, 1.54) is 12.1 Å². The molecular formula is C12H16FNO. The van der Waals surface area contributed by atoms with E-state index < -0.39 is 0 Å². The van der Waals surface area contributed by atoms with Crippen molar-refractivity contribution in [3.8, 4) is 5.75 Å². The second kappa shape index (κ2) is 5.51. The monoisotopic (exact) mass is 209 g/mol. The molecule has 3 heteroatoms. The molecule has 0 fully saturated rings. The van der Waals surface area contributed by atoms with E-state index in [-0.39, 0.29) is 11.9 Å². The number of ether oxygens (including phenoxy) is 1. The van der Waals surface area contributed by atoms with Crippen LogP contribution in [0, 0.1) is 5.82 Å². The Morgan fingerprint density at radius 1 is 1.60 bits per heavy atom. The van der Waals surface area contributed by atoms with Crippen molar-refractivity contribution in [1.82, 2.24) is 0 Å². The van der Waals surface area contributed by atoms with Crippen molar-refractivity contribution < 1.29 is 9.13 Å². The first-order chi connectivity index (χ1) is 7.15. The molecule has 2 nitrogen and oxygen atoms in total. The van der Waals surface area contributed by atoms with Crippen LogP contribution in [-0.4, -0.2) is 6.61 Å². The van der Waals surface area contributed by atoms with E-state index in [0.717, 1.165) is 12.0 Å². The van der Waals surface area contributed by atoms with E-state index in [2.05, 4.69) is 6.58 Å². The van der Waals surface area contributed by atoms with E-state index in [4.69, 9.17) is 10.5 Å². The first-order valence-electron chi connectivity index (χ1n) is 4.94. The Labute approximate surface area is 89.6 Å². The van der Waals surface area contributed by atoms with Crippen molar-refractivity contribution in [3.05, 3.63) is 42.2 Å². The molecule has 1 rings (SSSR count). The number of rotatable bonds is 5. The third kappa shape index (κ3) is 3.36. The second-order valence-electron chi connectivity index (χ2n) is 3.40. The van der Waals surface area contributed by atoms with Gasteiger partial charge in [0.1, 0.15) is 11.6 Å². The summed E-state index contributed by atoms with van der Waals surface area (Å²) in [7, 11) is 0. The van der Waals surface area contributed by atoms with Gasteiger partial charge in [-0.15, -0.1) is 6.58 Å². The van der Waals surface area contributed by atoms with E-state index in [1.54, 1.807) is 12.1 Å². The van der Waals surface area contributed by atoms with Gasteiger partial charge < -0.3 is 10.5 Å². The average Bonchev–Trinajstić information content (AvgIpc) is 2.18. The molecule has 0 aromatic heterocycles. The van der Waals surface area contributed by atoms with Gasteiger partial charge in [0, 0.05) is 17.7 Å². The SMILES string of the molecule is C=CCCOc1cc(F)ccc1C(C)N. The van der Waals surface area contributed by atoms with Crippen LogP contribution in [0.15, 0.2) is 30.9 Å². The number of benzene rings is 1. The van der Waals surface area contributed by atoms with Gasteiger partial charge in [-0.25, -0.2) is 4.39 Å². The minimum atomic E-state index is -0.312. The first-order valence-corrected chi connectivity index (χ1v) is 4.94. The third-order valence-electron chi connectivity index (χ3n) is 2.05. The molecule has 1 aromatic carbocycles. The summed E-state index contributed by atoms with van der Waals surface area (Å²) >= 11 is 0. The Morgan fingerprint density at radius 2 is 2.33 bits per heavy atom. The van der Waals surface area contributed by atoms with Gasteiger partial charge in [-0.3, -0.25) is 0 Å². The molecule has 0 aliphatic heterocycles. The smallest absolute Gasteiger partial charge is 0.126 e. The fraction of sp³-hybridized carbons (Fsp3) is 0.333. The summed E-state index contributed by atoms with van der Waals surface area (Å²) in [5.41, 5.74) is 6.57. The Kier molecular flexibility index (Phi) is 4.31. The molecule has 2 N–H and O–H groups in total. The van der Waals surface area contributed by atoms with Crippen molar-refractivity contribution in [2.24, 2.45) is 5.73 Å². The lowest BCUT2D eigenvalue weighted by Gasteiger charge is -2.13. The second-order valence-corrected chi connectivity index (χ2v) is 3.40. The quantitative estimate of drug-likeness (QED) is 0.597. The van der Waals surface area contributed by atoms with Gasteiger partial charge in [0.2, 0.25) is 0 Å². The molecule has 0 bridgehead atoms. The van der Waals surface area contributed by atoms with Crippen molar-refractivity contribution in [2.45, 2.75) is 19.4 Å². The molecular weight excluding hydrogens is 193 g/mol. The summed E-state index contributed by atoms with van der Waals surface area (Å²) < 4.78 is 18.4. The number of halogens is 1. The minimum absolute atomic E-state index is 0.163. The zero-order valence-corrected chi connectivity index (χ0v) is 8.87. The number of hydrogen-bond acceptors (Lipinski definition) is 2. The van der Waals surface area contributed by atoms with Gasteiger partial charge in [0.05, 0.1) is 6.61 Å². The van der Waals surface area contributed by atoms with E-state index >= 15 is 0 Å². The van der Waals surface area contributed by atoms with Crippen LogP contribution in [0.1, 0.15) is 24.9 Å². The third-order valence-corrected chi connectivity index (χ3v) is 2.05. The molecule has 82 valence electrons. The zero-order valence-electron chi connectivity index (χ0n) is 8.87. The molecule has 15 heavy (non-hydrogen) atoms. The highest BCUT2D eigenvalue weighted by molar-refractivity contribution is 5.36. The minimum Gasteiger partial charge on any atom is -0.493 e. The molecule has 0 saturated carbocycles. The normalized spacial score (nSPS) is 12.2. The summed E-state index contributed by atoms with van der Waals surface area (Å²) in [5, 5.41) is 0. The molecule has 0 spiro atoms. The lowest BCUT2D eigenvalue weighted by molar-refractivity contribution is 0.318. The largest absolute Gasteiger partial charge is 0.493 e. The van der Waals surface area contributed by atoms with Gasteiger partial charge >= 0.3 is 0 Å². The topological polar surface area (TPSA) is 35.2 Å². The molecule has 0 radical (unpaired) electrons. The lowest BCUT2D eigenvalue weighted by Crippen LogP contribution is -2.08. The molecule has 0 amide bonds. The van der Waals surface area contributed by atoms with Gasteiger partial charge in [-0.1, -0.05) is 12.1 Å². The fourth-order valence-electron chi connectivity index (χ4n) is 1.26. The highest BCUT2D eigenvalue weighted by atomic mass is 19.1. The molecule has 0 aliphatic rings. The summed E-state index contributed by atoms with van der Waals surface area (Å²) in [6.07, 6.45) is 2.49. The van der Waals surface area contributed by atoms with Crippen LogP contribution >= 0.6 is 0 Å². The standard InChI is InChI=1S/C12H16FNO/c1-3-4-7-15-12-8-10(13)5-6-11(12)9(2)14/h3,5-6,8-9H,1,4,7,14H2,2H3. The maximum Gasteiger partial charge on any atom is 0.126 e. The summed E-state index contributed by atoms with van der Waals surface area (Å²) in [4.78, 5) is 0. The number of hydrogen-bond donors (Lipinski definition) is 1. The van der Waals surface area contributed by atoms with Gasteiger partial charge in [-0.05, 0) is 19.4 Å². The van der Waals surface area contributed by atoms with E-state index in [0.29, 0.717) is 12.4 Å². The summed E-state index contributed by atoms with van der Waals surface area (Å²) in [6, 6.07) is 4.24. The molecule has 0 saturated heterocycles. The highest BCUT2D eigenvalue weighted by Gasteiger charge is 2.08. The van der Waals surface area contributed by atoms with Crippen LogP contribution in [0.4, 0.5) is 4.39 Å². The van der Waals surface area contributed by atoms with Gasteiger partial charge in [0.15, 0.2) is 0 Å². The van der Waals surface area contributed by atoms with Crippen molar-refractivity contribution in [1.29, 1.82) is 0 Å².